The van der Waals surface area contributed by atoms with Gasteiger partial charge in [-0.2, -0.15) is 0 Å². The highest BCUT2D eigenvalue weighted by Gasteiger charge is 2.20. The van der Waals surface area contributed by atoms with Crippen molar-refractivity contribution in [2.45, 2.75) is 63.5 Å². The molecule has 0 aromatic heterocycles. The molecule has 1 saturated carbocycles. The lowest BCUT2D eigenvalue weighted by atomic mass is 9.84. The Morgan fingerprint density at radius 3 is 2.37 bits per heavy atom. The van der Waals surface area contributed by atoms with Gasteiger partial charge in [0.15, 0.2) is 0 Å². The molecule has 5 heteroatoms. The van der Waals surface area contributed by atoms with E-state index in [-0.39, 0.29) is 17.8 Å². The number of aliphatic hydroxyl groups excluding tert-OH is 1. The summed E-state index contributed by atoms with van der Waals surface area (Å²) >= 11 is 0. The van der Waals surface area contributed by atoms with Crippen molar-refractivity contribution in [3.63, 3.8) is 0 Å². The van der Waals surface area contributed by atoms with E-state index in [1.807, 2.05) is 23.1 Å². The van der Waals surface area contributed by atoms with Crippen molar-refractivity contribution in [1.82, 2.24) is 5.32 Å². The predicted octanol–water partition coefficient (Wildman–Crippen LogP) is 4.76. The van der Waals surface area contributed by atoms with Gasteiger partial charge in [-0.15, -0.1) is 0 Å². The van der Waals surface area contributed by atoms with Gasteiger partial charge in [0.2, 0.25) is 0 Å². The summed E-state index contributed by atoms with van der Waals surface area (Å²) in [5, 5.41) is 12.5. The van der Waals surface area contributed by atoms with Gasteiger partial charge in [-0.05, 0) is 67.0 Å². The molecule has 0 bridgehead atoms. The van der Waals surface area contributed by atoms with Gasteiger partial charge in [0, 0.05) is 25.2 Å². The second-order valence-electron chi connectivity index (χ2n) is 8.64. The van der Waals surface area contributed by atoms with E-state index in [1.54, 1.807) is 6.07 Å². The van der Waals surface area contributed by atoms with Gasteiger partial charge >= 0.3 is 0 Å². The number of carbonyl (C=O) groups is 1. The molecule has 0 spiro atoms. The molecule has 2 fully saturated rings. The predicted molar refractivity (Wildman–Crippen MR) is 117 cm³/mol. The number of halogens is 1. The topological polar surface area (TPSA) is 52.6 Å². The average Bonchev–Trinajstić information content (AvgIpc) is 2.79. The van der Waals surface area contributed by atoms with Crippen LogP contribution in [0.4, 0.5) is 10.1 Å². The molecule has 4 rings (SSSR count). The van der Waals surface area contributed by atoms with Gasteiger partial charge in [-0.1, -0.05) is 37.5 Å². The maximum Gasteiger partial charge on any atom is 0.251 e. The molecule has 2 aliphatic rings. The van der Waals surface area contributed by atoms with Gasteiger partial charge in [0.25, 0.3) is 5.91 Å². The number of nitrogens with zero attached hydrogens (tertiary/aromatic N) is 1. The number of carbonyl (C=O) groups excluding carboxylic acids is 1. The minimum atomic E-state index is -0.282. The molecule has 0 radical (unpaired) electrons. The zero-order chi connectivity index (χ0) is 20.9. The molecule has 4 nitrogen and oxygen atoms in total. The summed E-state index contributed by atoms with van der Waals surface area (Å²) in [6.07, 6.45) is 7.45. The molecule has 0 atom stereocenters. The quantitative estimate of drug-likeness (QED) is 0.747. The molecule has 2 aromatic rings. The Morgan fingerprint density at radius 1 is 1.00 bits per heavy atom. The summed E-state index contributed by atoms with van der Waals surface area (Å²) in [6, 6.07) is 13.1. The van der Waals surface area contributed by atoms with E-state index >= 15 is 0 Å². The van der Waals surface area contributed by atoms with Crippen molar-refractivity contribution in [3.8, 4) is 0 Å². The maximum absolute atomic E-state index is 14.6. The third kappa shape index (κ3) is 5.01. The Balaban J connectivity index is 1.32. The van der Waals surface area contributed by atoms with Crippen LogP contribution < -0.4 is 10.2 Å². The van der Waals surface area contributed by atoms with E-state index in [9.17, 15) is 14.3 Å². The monoisotopic (exact) mass is 410 g/mol. The summed E-state index contributed by atoms with van der Waals surface area (Å²) in [5.74, 6) is 0.204. The van der Waals surface area contributed by atoms with Crippen LogP contribution in [0.25, 0.3) is 0 Å². The van der Waals surface area contributed by atoms with Crippen LogP contribution in [0.5, 0.6) is 0 Å². The highest BCUT2D eigenvalue weighted by atomic mass is 19.1. The molecule has 1 heterocycles. The summed E-state index contributed by atoms with van der Waals surface area (Å²) in [5.41, 5.74) is 3.27. The number of anilines is 1. The van der Waals surface area contributed by atoms with E-state index < -0.39 is 0 Å². The molecule has 1 amide bonds. The number of aliphatic hydroxyl groups is 1. The van der Waals surface area contributed by atoms with Gasteiger partial charge in [-0.25, -0.2) is 4.39 Å². The fraction of sp³-hybridized carbons (Fsp3) is 0.480. The second kappa shape index (κ2) is 9.61. The van der Waals surface area contributed by atoms with Crippen molar-refractivity contribution in [2.75, 3.05) is 18.0 Å². The van der Waals surface area contributed by atoms with Gasteiger partial charge < -0.3 is 15.3 Å². The van der Waals surface area contributed by atoms with E-state index in [4.69, 9.17) is 0 Å². The van der Waals surface area contributed by atoms with E-state index in [2.05, 4.69) is 17.4 Å². The number of hydrogen-bond donors (Lipinski definition) is 2. The van der Waals surface area contributed by atoms with Crippen molar-refractivity contribution in [1.29, 1.82) is 0 Å². The van der Waals surface area contributed by atoms with Crippen molar-refractivity contribution in [3.05, 3.63) is 65.0 Å². The van der Waals surface area contributed by atoms with Crippen LogP contribution in [-0.2, 0) is 6.54 Å². The zero-order valence-electron chi connectivity index (χ0n) is 17.4. The van der Waals surface area contributed by atoms with Gasteiger partial charge in [0.05, 0.1) is 11.8 Å². The van der Waals surface area contributed by atoms with E-state index in [0.29, 0.717) is 49.6 Å². The van der Waals surface area contributed by atoms with Crippen LogP contribution in [0, 0.1) is 5.82 Å². The Hall–Kier alpha value is -2.40. The minimum absolute atomic E-state index is 0.139. The van der Waals surface area contributed by atoms with Crippen LogP contribution in [0.2, 0.25) is 0 Å². The largest absolute Gasteiger partial charge is 0.393 e. The smallest absolute Gasteiger partial charge is 0.251 e. The standard InChI is InChI=1S/C25H31FN2O2/c26-23-16-18(6-11-24(23)28-14-12-22(29)13-15-28)17-27-25(30)21-9-7-20(8-10-21)19-4-2-1-3-5-19/h6-11,16,19,22,29H,1-5,12-15,17H2,(H,27,30). The molecular weight excluding hydrogens is 379 g/mol. The molecule has 1 aliphatic heterocycles. The highest BCUT2D eigenvalue weighted by molar-refractivity contribution is 5.94. The van der Waals surface area contributed by atoms with Crippen LogP contribution in [-0.4, -0.2) is 30.2 Å². The number of rotatable bonds is 5. The average molecular weight is 411 g/mol. The lowest BCUT2D eigenvalue weighted by Gasteiger charge is -2.31. The fourth-order valence-electron chi connectivity index (χ4n) is 4.65. The SMILES string of the molecule is O=C(NCc1ccc(N2CCC(O)CC2)c(F)c1)c1ccc(C2CCCCC2)cc1. The summed E-state index contributed by atoms with van der Waals surface area (Å²) in [4.78, 5) is 14.5. The fourth-order valence-corrected chi connectivity index (χ4v) is 4.65. The summed E-state index contributed by atoms with van der Waals surface area (Å²) < 4.78 is 14.6. The second-order valence-corrected chi connectivity index (χ2v) is 8.64. The molecular formula is C25H31FN2O2. The Labute approximate surface area is 178 Å². The van der Waals surface area contributed by atoms with Gasteiger partial charge in [-0.3, -0.25) is 4.79 Å². The number of piperidine rings is 1. The molecule has 1 saturated heterocycles. The van der Waals surface area contributed by atoms with Crippen molar-refractivity contribution in [2.24, 2.45) is 0 Å². The molecule has 2 aromatic carbocycles. The van der Waals surface area contributed by atoms with Crippen LogP contribution in [0.15, 0.2) is 42.5 Å². The Morgan fingerprint density at radius 2 is 1.70 bits per heavy atom. The summed E-state index contributed by atoms with van der Waals surface area (Å²) in [7, 11) is 0. The first kappa shape index (κ1) is 20.9. The first-order chi connectivity index (χ1) is 14.6. The first-order valence-electron chi connectivity index (χ1n) is 11.2. The molecule has 0 unspecified atom stereocenters. The zero-order valence-corrected chi connectivity index (χ0v) is 17.4. The third-order valence-corrected chi connectivity index (χ3v) is 6.52. The van der Waals surface area contributed by atoms with Crippen LogP contribution in [0.3, 0.4) is 0 Å². The third-order valence-electron chi connectivity index (χ3n) is 6.52. The van der Waals surface area contributed by atoms with E-state index in [1.165, 1.54) is 43.7 Å². The van der Waals surface area contributed by atoms with Crippen LogP contribution >= 0.6 is 0 Å². The maximum atomic E-state index is 14.6. The van der Waals surface area contributed by atoms with Crippen molar-refractivity contribution >= 4 is 11.6 Å². The van der Waals surface area contributed by atoms with E-state index in [0.717, 1.165) is 5.56 Å². The Bertz CT molecular complexity index is 854. The first-order valence-corrected chi connectivity index (χ1v) is 11.2. The normalized spacial score (nSPS) is 18.4. The molecule has 2 N–H and O–H groups in total. The van der Waals surface area contributed by atoms with Gasteiger partial charge in [0.1, 0.15) is 5.82 Å². The molecule has 30 heavy (non-hydrogen) atoms. The molecule has 160 valence electrons. The number of nitrogens with one attached hydrogen (secondary N) is 1. The van der Waals surface area contributed by atoms with Crippen LogP contribution in [0.1, 0.15) is 72.3 Å². The van der Waals surface area contributed by atoms with Crippen molar-refractivity contribution < 1.29 is 14.3 Å². The lowest BCUT2D eigenvalue weighted by Crippen LogP contribution is -2.36. The Kier molecular flexibility index (Phi) is 6.68. The highest BCUT2D eigenvalue weighted by Crippen LogP contribution is 2.32. The molecule has 1 aliphatic carbocycles. The number of hydrogen-bond acceptors (Lipinski definition) is 3. The number of benzene rings is 2. The number of amides is 1. The minimum Gasteiger partial charge on any atom is -0.393 e. The lowest BCUT2D eigenvalue weighted by molar-refractivity contribution is 0.0951. The summed E-state index contributed by atoms with van der Waals surface area (Å²) in [6.45, 7) is 1.61.